The maximum absolute atomic E-state index is 3.22. The van der Waals surface area contributed by atoms with Gasteiger partial charge >= 0.3 is 37.7 Å². The minimum Gasteiger partial charge on any atom is -1.00 e. The molecule has 0 saturated carbocycles. The summed E-state index contributed by atoms with van der Waals surface area (Å²) in [6.07, 6.45) is 0. The van der Waals surface area contributed by atoms with Crippen LogP contribution in [0.3, 0.4) is 0 Å². The molecule has 0 amide bonds. The third kappa shape index (κ3) is 9.07. The van der Waals surface area contributed by atoms with E-state index in [-0.39, 0.29) is 46.1 Å². The predicted molar refractivity (Wildman–Crippen MR) is 29.6 cm³/mol. The minimum atomic E-state index is 0. The standard InChI is InChI=1S/Ca.H2O.H2S2.2H/c;;1-2;;/h;1H2;1-2H;;/q+2;;;2*-1. The van der Waals surface area contributed by atoms with Gasteiger partial charge in [0.05, 0.1) is 0 Å². The molecule has 0 fully saturated rings. The Morgan fingerprint density at radius 2 is 1.25 bits per heavy atom. The molecule has 0 aliphatic rings. The zero-order valence-electron chi connectivity index (χ0n) is 4.10. The fourth-order valence-corrected chi connectivity index (χ4v) is 0. The van der Waals surface area contributed by atoms with Crippen molar-refractivity contribution in [3.8, 4) is 0 Å². The fraction of sp³-hybridized carbons (Fsp3) is 0. The average Bonchev–Trinajstić information content (AvgIpc) is 1.00. The Kier molecular flexibility index (Phi) is 86.2. The molecule has 4 heteroatoms. The van der Waals surface area contributed by atoms with Gasteiger partial charge in [0.1, 0.15) is 0 Å². The summed E-state index contributed by atoms with van der Waals surface area (Å²) in [5.74, 6) is 0. The molecule has 0 radical (unpaired) electrons. The van der Waals surface area contributed by atoms with E-state index >= 15 is 0 Å². The first kappa shape index (κ1) is 16.8. The number of thiol groups is 2. The molecule has 0 bridgehead atoms. The van der Waals surface area contributed by atoms with Gasteiger partial charge in [0.15, 0.2) is 0 Å². The largest absolute Gasteiger partial charge is 2.00 e. The third-order valence-electron chi connectivity index (χ3n) is 0. The van der Waals surface area contributed by atoms with Crippen molar-refractivity contribution in [2.45, 2.75) is 0 Å². The summed E-state index contributed by atoms with van der Waals surface area (Å²) in [4.78, 5) is 0. The molecule has 0 atom stereocenters. The van der Waals surface area contributed by atoms with Crippen molar-refractivity contribution in [3.05, 3.63) is 0 Å². The normalized spacial score (nSPS) is 1.50. The van der Waals surface area contributed by atoms with Gasteiger partial charge in [-0.25, -0.2) is 0 Å². The van der Waals surface area contributed by atoms with Crippen molar-refractivity contribution in [1.82, 2.24) is 0 Å². The zero-order chi connectivity index (χ0) is 2.00. The van der Waals surface area contributed by atoms with Crippen LogP contribution in [0.5, 0.6) is 0 Å². The summed E-state index contributed by atoms with van der Waals surface area (Å²) >= 11 is 6.44. The average molecular weight is 126 g/mol. The van der Waals surface area contributed by atoms with Gasteiger partial charge in [-0.15, -0.1) is 23.3 Å². The van der Waals surface area contributed by atoms with E-state index in [1.165, 1.54) is 0 Å². The summed E-state index contributed by atoms with van der Waals surface area (Å²) < 4.78 is 0. The molecule has 0 spiro atoms. The molecule has 0 heterocycles. The van der Waals surface area contributed by atoms with E-state index in [0.29, 0.717) is 0 Å². The monoisotopic (exact) mass is 126 g/mol. The van der Waals surface area contributed by atoms with E-state index in [2.05, 4.69) is 23.3 Å². The first-order chi connectivity index (χ1) is 1.00. The summed E-state index contributed by atoms with van der Waals surface area (Å²) in [5.41, 5.74) is 0. The van der Waals surface area contributed by atoms with Crippen LogP contribution < -0.4 is 0 Å². The van der Waals surface area contributed by atoms with Gasteiger partial charge in [-0.05, 0) is 0 Å². The van der Waals surface area contributed by atoms with Crippen LogP contribution >= 0.6 is 23.3 Å². The van der Waals surface area contributed by atoms with Gasteiger partial charge < -0.3 is 8.33 Å². The Bertz CT molecular complexity index is 11.5. The summed E-state index contributed by atoms with van der Waals surface area (Å²) in [6.45, 7) is 0. The Balaban J connectivity index is -0.000000000833. The summed E-state index contributed by atoms with van der Waals surface area (Å²) in [6, 6.07) is 0. The molecule has 0 saturated heterocycles. The van der Waals surface area contributed by atoms with E-state index in [1.54, 1.807) is 0 Å². The van der Waals surface area contributed by atoms with Crippen LogP contribution in [0.2, 0.25) is 0 Å². The number of rotatable bonds is 0. The Labute approximate surface area is 68.7 Å². The second kappa shape index (κ2) is 20.5. The molecule has 4 heavy (non-hydrogen) atoms. The minimum absolute atomic E-state index is 0. The molecular weight excluding hydrogens is 120 g/mol. The van der Waals surface area contributed by atoms with Crippen LogP contribution in [0, 0.1) is 0 Å². The number of hydrogen-bond acceptors (Lipinski definition) is 2. The molecule has 2 N–H and O–H groups in total. The van der Waals surface area contributed by atoms with Gasteiger partial charge in [-0.3, -0.25) is 0 Å². The van der Waals surface area contributed by atoms with E-state index < -0.39 is 0 Å². The van der Waals surface area contributed by atoms with Crippen LogP contribution in [-0.4, -0.2) is 43.2 Å². The Morgan fingerprint density at radius 3 is 1.25 bits per heavy atom. The summed E-state index contributed by atoms with van der Waals surface area (Å²) in [5, 5.41) is 0. The first-order valence-corrected chi connectivity index (χ1v) is 1.80. The number of hydrogen-bond donors (Lipinski definition) is 2. The van der Waals surface area contributed by atoms with Gasteiger partial charge in [0.25, 0.3) is 0 Å². The zero-order valence-corrected chi connectivity index (χ0v) is 6.10. The second-order valence-electron chi connectivity index (χ2n) is 0. The van der Waals surface area contributed by atoms with Crippen molar-refractivity contribution < 1.29 is 8.33 Å². The van der Waals surface area contributed by atoms with Crippen LogP contribution in [0.25, 0.3) is 0 Å². The summed E-state index contributed by atoms with van der Waals surface area (Å²) in [7, 11) is 0. The maximum atomic E-state index is 3.22. The van der Waals surface area contributed by atoms with Gasteiger partial charge in [-0.2, -0.15) is 0 Å². The molecule has 0 aromatic carbocycles. The van der Waals surface area contributed by atoms with E-state index in [1.807, 2.05) is 0 Å². The molecule has 0 aliphatic carbocycles. The molecule has 0 aliphatic heterocycles. The topological polar surface area (TPSA) is 31.5 Å². The van der Waals surface area contributed by atoms with Gasteiger partial charge in [-0.1, -0.05) is 0 Å². The van der Waals surface area contributed by atoms with Crippen molar-refractivity contribution >= 4 is 61.1 Å². The van der Waals surface area contributed by atoms with Gasteiger partial charge in [0, 0.05) is 0 Å². The molecule has 0 rings (SSSR count). The van der Waals surface area contributed by atoms with E-state index in [4.69, 9.17) is 0 Å². The van der Waals surface area contributed by atoms with Crippen LogP contribution in [0.15, 0.2) is 0 Å². The quantitative estimate of drug-likeness (QED) is 0.255. The van der Waals surface area contributed by atoms with Crippen LogP contribution in [-0.2, 0) is 0 Å². The van der Waals surface area contributed by atoms with Crippen LogP contribution in [0.1, 0.15) is 2.85 Å². The van der Waals surface area contributed by atoms with E-state index in [0.717, 1.165) is 0 Å². The molecular formula is H6CaOS2. The van der Waals surface area contributed by atoms with Crippen molar-refractivity contribution in [3.63, 3.8) is 0 Å². The molecule has 1 nitrogen and oxygen atoms in total. The molecule has 0 unspecified atom stereocenters. The third-order valence-corrected chi connectivity index (χ3v) is 0. The molecule has 0 aromatic rings. The van der Waals surface area contributed by atoms with Crippen molar-refractivity contribution in [2.24, 2.45) is 0 Å². The smallest absolute Gasteiger partial charge is 1.00 e. The SMILES string of the molecule is O.SS.[Ca+2].[H-].[H-]. The molecule has 26 valence electrons. The maximum Gasteiger partial charge on any atom is 2.00 e. The fourth-order valence-electron chi connectivity index (χ4n) is 0. The predicted octanol–water partition coefficient (Wildman–Crippen LogP) is -0.220. The second-order valence-corrected chi connectivity index (χ2v) is 0. The van der Waals surface area contributed by atoms with Gasteiger partial charge in [0.2, 0.25) is 0 Å². The van der Waals surface area contributed by atoms with Crippen molar-refractivity contribution in [2.75, 3.05) is 0 Å². The Morgan fingerprint density at radius 1 is 1.25 bits per heavy atom. The first-order valence-electron chi connectivity index (χ1n) is 0.200. The molecule has 0 aromatic heterocycles. The van der Waals surface area contributed by atoms with E-state index in [9.17, 15) is 0 Å². The van der Waals surface area contributed by atoms with Crippen molar-refractivity contribution in [1.29, 1.82) is 0 Å². The Hall–Kier alpha value is 1.92. The van der Waals surface area contributed by atoms with Crippen LogP contribution in [0.4, 0.5) is 0 Å².